The number of rotatable bonds is 7. The van der Waals surface area contributed by atoms with Gasteiger partial charge in [0.25, 0.3) is 11.8 Å². The third-order valence-corrected chi connectivity index (χ3v) is 5.99. The second-order valence-corrected chi connectivity index (χ2v) is 8.32. The van der Waals surface area contributed by atoms with Crippen LogP contribution in [-0.4, -0.2) is 24.9 Å². The van der Waals surface area contributed by atoms with Gasteiger partial charge in [0, 0.05) is 29.5 Å². The van der Waals surface area contributed by atoms with Crippen molar-refractivity contribution in [2.75, 3.05) is 28.2 Å². The number of carbonyl (C=O) groups excluding carboxylic acids is 2. The van der Waals surface area contributed by atoms with Gasteiger partial charge in [-0.15, -0.1) is 0 Å². The van der Waals surface area contributed by atoms with Crippen LogP contribution in [-0.2, 0) is 9.59 Å². The first kappa shape index (κ1) is 22.6. The zero-order valence-corrected chi connectivity index (χ0v) is 19.7. The number of benzene rings is 3. The Labute approximate surface area is 199 Å². The van der Waals surface area contributed by atoms with Crippen molar-refractivity contribution in [3.05, 3.63) is 94.6 Å². The average molecular weight is 460 g/mol. The SMILES string of the molecule is CCN(CC)c1ccc(NC2=C(c3ccc(C)cc3)C(=O)N(c3cccc(Cl)c3)C2=O)cc1. The fourth-order valence-electron chi connectivity index (χ4n) is 3.97. The second-order valence-electron chi connectivity index (χ2n) is 7.89. The van der Waals surface area contributed by atoms with Crippen molar-refractivity contribution >= 4 is 46.1 Å². The van der Waals surface area contributed by atoms with E-state index in [1.807, 2.05) is 55.5 Å². The molecule has 33 heavy (non-hydrogen) atoms. The first-order valence-electron chi connectivity index (χ1n) is 11.0. The number of anilines is 3. The number of nitrogens with zero attached hydrogens (tertiary/aromatic N) is 2. The Kier molecular flexibility index (Phi) is 6.52. The maximum Gasteiger partial charge on any atom is 0.282 e. The molecule has 1 aliphatic heterocycles. The van der Waals surface area contributed by atoms with Crippen molar-refractivity contribution in [3.8, 4) is 0 Å². The van der Waals surface area contributed by atoms with E-state index in [2.05, 4.69) is 24.1 Å². The molecule has 6 heteroatoms. The van der Waals surface area contributed by atoms with E-state index >= 15 is 0 Å². The van der Waals surface area contributed by atoms with Gasteiger partial charge in [0.1, 0.15) is 5.70 Å². The van der Waals surface area contributed by atoms with E-state index in [9.17, 15) is 9.59 Å². The Morgan fingerprint density at radius 1 is 0.879 bits per heavy atom. The van der Waals surface area contributed by atoms with Gasteiger partial charge in [-0.25, -0.2) is 4.90 Å². The van der Waals surface area contributed by atoms with Crippen LogP contribution < -0.4 is 15.1 Å². The summed E-state index contributed by atoms with van der Waals surface area (Å²) in [6, 6.07) is 22.2. The van der Waals surface area contributed by atoms with Crippen molar-refractivity contribution in [1.29, 1.82) is 0 Å². The molecule has 168 valence electrons. The number of aryl methyl sites for hydroxylation is 1. The van der Waals surface area contributed by atoms with Gasteiger partial charge >= 0.3 is 0 Å². The molecule has 1 N–H and O–H groups in total. The number of halogens is 1. The minimum atomic E-state index is -0.411. The van der Waals surface area contributed by atoms with Crippen LogP contribution in [0.4, 0.5) is 17.1 Å². The molecule has 0 spiro atoms. The Hall–Kier alpha value is -3.57. The fourth-order valence-corrected chi connectivity index (χ4v) is 4.16. The monoisotopic (exact) mass is 459 g/mol. The van der Waals surface area contributed by atoms with Gasteiger partial charge < -0.3 is 10.2 Å². The molecule has 3 aromatic carbocycles. The van der Waals surface area contributed by atoms with E-state index in [-0.39, 0.29) is 11.6 Å². The molecule has 1 aliphatic rings. The third kappa shape index (κ3) is 4.50. The van der Waals surface area contributed by atoms with E-state index in [4.69, 9.17) is 11.6 Å². The highest BCUT2D eigenvalue weighted by molar-refractivity contribution is 6.46. The number of hydrogen-bond acceptors (Lipinski definition) is 4. The van der Waals surface area contributed by atoms with Gasteiger partial charge in [-0.05, 0) is 68.8 Å². The normalized spacial score (nSPS) is 13.6. The molecule has 0 aliphatic carbocycles. The molecular formula is C27H26ClN3O2. The molecule has 0 aromatic heterocycles. The van der Waals surface area contributed by atoms with Crippen molar-refractivity contribution < 1.29 is 9.59 Å². The highest BCUT2D eigenvalue weighted by atomic mass is 35.5. The van der Waals surface area contributed by atoms with E-state index in [0.717, 1.165) is 30.0 Å². The maximum absolute atomic E-state index is 13.5. The lowest BCUT2D eigenvalue weighted by molar-refractivity contribution is -0.120. The van der Waals surface area contributed by atoms with Crippen molar-refractivity contribution in [2.24, 2.45) is 0 Å². The van der Waals surface area contributed by atoms with Crippen molar-refractivity contribution in [1.82, 2.24) is 0 Å². The van der Waals surface area contributed by atoms with Crippen LogP contribution in [0.1, 0.15) is 25.0 Å². The molecule has 0 fully saturated rings. The lowest BCUT2D eigenvalue weighted by Crippen LogP contribution is -2.32. The lowest BCUT2D eigenvalue weighted by atomic mass is 10.0. The van der Waals surface area contributed by atoms with E-state index < -0.39 is 5.91 Å². The van der Waals surface area contributed by atoms with Gasteiger partial charge in [-0.2, -0.15) is 0 Å². The third-order valence-electron chi connectivity index (χ3n) is 5.76. The van der Waals surface area contributed by atoms with Gasteiger partial charge in [0.2, 0.25) is 0 Å². The van der Waals surface area contributed by atoms with Crippen LogP contribution in [0.3, 0.4) is 0 Å². The molecule has 0 saturated heterocycles. The topological polar surface area (TPSA) is 52.7 Å². The number of imide groups is 1. The van der Waals surface area contributed by atoms with Crippen molar-refractivity contribution in [2.45, 2.75) is 20.8 Å². The highest BCUT2D eigenvalue weighted by Crippen LogP contribution is 2.35. The Balaban J connectivity index is 1.74. The Morgan fingerprint density at radius 3 is 2.15 bits per heavy atom. The van der Waals surface area contributed by atoms with Crippen LogP contribution in [0, 0.1) is 6.92 Å². The summed E-state index contributed by atoms with van der Waals surface area (Å²) in [5, 5.41) is 3.67. The molecule has 5 nitrogen and oxygen atoms in total. The average Bonchev–Trinajstić information content (AvgIpc) is 3.05. The first-order valence-corrected chi connectivity index (χ1v) is 11.4. The van der Waals surface area contributed by atoms with E-state index in [0.29, 0.717) is 21.8 Å². The summed E-state index contributed by atoms with van der Waals surface area (Å²) >= 11 is 6.14. The summed E-state index contributed by atoms with van der Waals surface area (Å²) in [5.74, 6) is -0.793. The molecule has 2 amide bonds. The molecule has 0 bridgehead atoms. The number of carbonyl (C=O) groups is 2. The van der Waals surface area contributed by atoms with Crippen LogP contribution >= 0.6 is 11.6 Å². The standard InChI is InChI=1S/C27H26ClN3O2/c1-4-30(5-2)22-15-13-21(14-16-22)29-25-24(19-11-9-18(3)10-12-19)26(32)31(27(25)33)23-8-6-7-20(28)17-23/h6-17,29H,4-5H2,1-3H3. The number of amides is 2. The Bertz CT molecular complexity index is 1210. The smallest absolute Gasteiger partial charge is 0.282 e. The lowest BCUT2D eigenvalue weighted by Gasteiger charge is -2.21. The van der Waals surface area contributed by atoms with Crippen LogP contribution in [0.2, 0.25) is 5.02 Å². The summed E-state index contributed by atoms with van der Waals surface area (Å²) in [4.78, 5) is 30.4. The predicted octanol–water partition coefficient (Wildman–Crippen LogP) is 5.89. The quantitative estimate of drug-likeness (QED) is 0.447. The maximum atomic E-state index is 13.5. The predicted molar refractivity (Wildman–Crippen MR) is 136 cm³/mol. The van der Waals surface area contributed by atoms with E-state index in [1.54, 1.807) is 24.3 Å². The summed E-state index contributed by atoms with van der Waals surface area (Å²) in [6.45, 7) is 8.03. The summed E-state index contributed by atoms with van der Waals surface area (Å²) in [5.41, 5.74) is 4.63. The minimum absolute atomic E-state index is 0.249. The second kappa shape index (κ2) is 9.51. The van der Waals surface area contributed by atoms with Gasteiger partial charge in [-0.1, -0.05) is 47.5 Å². The molecule has 4 rings (SSSR count). The molecule has 3 aromatic rings. The first-order chi connectivity index (χ1) is 15.9. The summed E-state index contributed by atoms with van der Waals surface area (Å²) in [7, 11) is 0. The summed E-state index contributed by atoms with van der Waals surface area (Å²) in [6.07, 6.45) is 0. The molecule has 0 saturated carbocycles. The van der Waals surface area contributed by atoms with Crippen LogP contribution in [0.15, 0.2) is 78.5 Å². The van der Waals surface area contributed by atoms with E-state index in [1.165, 1.54) is 4.90 Å². The molecular weight excluding hydrogens is 434 g/mol. The van der Waals surface area contributed by atoms with Gasteiger partial charge in [-0.3, -0.25) is 9.59 Å². The zero-order chi connectivity index (χ0) is 23.5. The minimum Gasteiger partial charge on any atom is -0.372 e. The summed E-state index contributed by atoms with van der Waals surface area (Å²) < 4.78 is 0. The van der Waals surface area contributed by atoms with Gasteiger partial charge in [0.15, 0.2) is 0 Å². The largest absolute Gasteiger partial charge is 0.372 e. The molecule has 0 atom stereocenters. The van der Waals surface area contributed by atoms with Gasteiger partial charge in [0.05, 0.1) is 11.3 Å². The molecule has 0 radical (unpaired) electrons. The number of nitrogens with one attached hydrogen (secondary N) is 1. The van der Waals surface area contributed by atoms with Crippen LogP contribution in [0.25, 0.3) is 5.57 Å². The highest BCUT2D eigenvalue weighted by Gasteiger charge is 2.40. The van der Waals surface area contributed by atoms with Crippen molar-refractivity contribution in [3.63, 3.8) is 0 Å². The molecule has 0 unspecified atom stereocenters. The Morgan fingerprint density at radius 2 is 1.55 bits per heavy atom. The molecule has 1 heterocycles. The zero-order valence-electron chi connectivity index (χ0n) is 18.9. The van der Waals surface area contributed by atoms with Crippen LogP contribution in [0.5, 0.6) is 0 Å². The number of hydrogen-bond donors (Lipinski definition) is 1. The fraction of sp³-hybridized carbons (Fsp3) is 0.185.